The van der Waals surface area contributed by atoms with E-state index in [1.54, 1.807) is 11.3 Å². The van der Waals surface area contributed by atoms with Crippen molar-refractivity contribution in [3.05, 3.63) is 40.1 Å². The van der Waals surface area contributed by atoms with Gasteiger partial charge in [0.05, 0.1) is 4.88 Å². The molecule has 3 rings (SSSR count). The number of imidazole rings is 1. The molecule has 1 saturated heterocycles. The molecule has 0 saturated carbocycles. The average molecular weight is 317 g/mol. The molecule has 1 aliphatic rings. The fraction of sp³-hybridized carbons (Fsp3) is 0.529. The van der Waals surface area contributed by atoms with Gasteiger partial charge in [0.25, 0.3) is 5.91 Å². The molecule has 1 amide bonds. The minimum atomic E-state index is 0.222. The SMILES string of the molecule is Cc1ccsc1C(=O)N1CCCC[C@@H]1CCn1ccnc1C. The molecule has 0 spiro atoms. The molecule has 5 heteroatoms. The van der Waals surface area contributed by atoms with Gasteiger partial charge < -0.3 is 9.47 Å². The van der Waals surface area contributed by atoms with E-state index in [9.17, 15) is 4.79 Å². The van der Waals surface area contributed by atoms with Gasteiger partial charge in [0.1, 0.15) is 5.82 Å². The topological polar surface area (TPSA) is 38.1 Å². The molecular formula is C17H23N3OS. The summed E-state index contributed by atoms with van der Waals surface area (Å²) in [7, 11) is 0. The standard InChI is InChI=1S/C17H23N3OS/c1-13-7-12-22-16(13)17(21)20-9-4-3-5-15(20)6-10-19-11-8-18-14(19)2/h7-8,11-12,15H,3-6,9-10H2,1-2H3/t15-/m1/s1. The van der Waals surface area contributed by atoms with Gasteiger partial charge in [-0.1, -0.05) is 0 Å². The largest absolute Gasteiger partial charge is 0.335 e. The molecule has 0 unspecified atom stereocenters. The second kappa shape index (κ2) is 6.65. The van der Waals surface area contributed by atoms with E-state index in [0.29, 0.717) is 6.04 Å². The van der Waals surface area contributed by atoms with E-state index in [1.165, 1.54) is 6.42 Å². The lowest BCUT2D eigenvalue weighted by molar-refractivity contribution is 0.0599. The molecule has 1 atom stereocenters. The second-order valence-corrected chi connectivity index (χ2v) is 6.95. The Morgan fingerprint density at radius 2 is 2.27 bits per heavy atom. The number of nitrogens with zero attached hydrogens (tertiary/aromatic N) is 3. The third-order valence-corrected chi connectivity index (χ3v) is 5.58. The molecule has 0 N–H and O–H groups in total. The lowest BCUT2D eigenvalue weighted by Crippen LogP contribution is -2.44. The number of thiophene rings is 1. The Morgan fingerprint density at radius 3 is 2.95 bits per heavy atom. The molecule has 0 aliphatic carbocycles. The van der Waals surface area contributed by atoms with Crippen LogP contribution in [0.3, 0.4) is 0 Å². The summed E-state index contributed by atoms with van der Waals surface area (Å²) in [6, 6.07) is 2.38. The first kappa shape index (κ1) is 15.3. The minimum Gasteiger partial charge on any atom is -0.335 e. The number of hydrogen-bond acceptors (Lipinski definition) is 3. The summed E-state index contributed by atoms with van der Waals surface area (Å²) in [6.45, 7) is 5.88. The highest BCUT2D eigenvalue weighted by Crippen LogP contribution is 2.26. The molecule has 1 fully saturated rings. The molecular weight excluding hydrogens is 294 g/mol. The van der Waals surface area contributed by atoms with Crippen molar-refractivity contribution >= 4 is 17.2 Å². The highest BCUT2D eigenvalue weighted by atomic mass is 32.1. The van der Waals surface area contributed by atoms with Crippen molar-refractivity contribution in [3.63, 3.8) is 0 Å². The van der Waals surface area contributed by atoms with E-state index in [4.69, 9.17) is 0 Å². The number of amides is 1. The highest BCUT2D eigenvalue weighted by Gasteiger charge is 2.28. The van der Waals surface area contributed by atoms with Crippen LogP contribution in [-0.2, 0) is 6.54 Å². The molecule has 3 heterocycles. The molecule has 2 aromatic rings. The third-order valence-electron chi connectivity index (χ3n) is 4.57. The van der Waals surface area contributed by atoms with E-state index < -0.39 is 0 Å². The summed E-state index contributed by atoms with van der Waals surface area (Å²) >= 11 is 1.57. The van der Waals surface area contributed by atoms with Crippen LogP contribution in [0.5, 0.6) is 0 Å². The first-order valence-corrected chi connectivity index (χ1v) is 8.87. The third kappa shape index (κ3) is 3.09. The van der Waals surface area contributed by atoms with Gasteiger partial charge in [-0.15, -0.1) is 11.3 Å². The van der Waals surface area contributed by atoms with Crippen molar-refractivity contribution in [2.75, 3.05) is 6.54 Å². The Kier molecular flexibility index (Phi) is 4.62. The normalized spacial score (nSPS) is 18.6. The van der Waals surface area contributed by atoms with Crippen molar-refractivity contribution < 1.29 is 4.79 Å². The smallest absolute Gasteiger partial charge is 0.264 e. The van der Waals surface area contributed by atoms with Gasteiger partial charge >= 0.3 is 0 Å². The highest BCUT2D eigenvalue weighted by molar-refractivity contribution is 7.12. The lowest BCUT2D eigenvalue weighted by atomic mass is 9.98. The van der Waals surface area contributed by atoms with Crippen LogP contribution in [0.4, 0.5) is 0 Å². The number of aromatic nitrogens is 2. The molecule has 2 aromatic heterocycles. The maximum atomic E-state index is 12.8. The fourth-order valence-electron chi connectivity index (χ4n) is 3.22. The Labute approximate surface area is 135 Å². The number of carbonyl (C=O) groups excluding carboxylic acids is 1. The van der Waals surface area contributed by atoms with Crippen LogP contribution in [0.25, 0.3) is 0 Å². The summed E-state index contributed by atoms with van der Waals surface area (Å²) in [5, 5.41) is 2.01. The maximum absolute atomic E-state index is 12.8. The molecule has 0 bridgehead atoms. The van der Waals surface area contributed by atoms with E-state index in [0.717, 1.165) is 48.6 Å². The van der Waals surface area contributed by atoms with Gasteiger partial charge in [-0.05, 0) is 56.5 Å². The van der Waals surface area contributed by atoms with E-state index in [2.05, 4.69) is 14.5 Å². The molecule has 1 aliphatic heterocycles. The maximum Gasteiger partial charge on any atom is 0.264 e. The predicted molar refractivity (Wildman–Crippen MR) is 89.3 cm³/mol. The van der Waals surface area contributed by atoms with Crippen molar-refractivity contribution in [2.24, 2.45) is 0 Å². The summed E-state index contributed by atoms with van der Waals surface area (Å²) < 4.78 is 2.17. The zero-order valence-corrected chi connectivity index (χ0v) is 14.1. The number of hydrogen-bond donors (Lipinski definition) is 0. The molecule has 4 nitrogen and oxygen atoms in total. The molecule has 0 radical (unpaired) electrons. The van der Waals surface area contributed by atoms with Gasteiger partial charge in [-0.2, -0.15) is 0 Å². The van der Waals surface area contributed by atoms with E-state index >= 15 is 0 Å². The quantitative estimate of drug-likeness (QED) is 0.863. The molecule has 22 heavy (non-hydrogen) atoms. The Balaban J connectivity index is 1.70. The van der Waals surface area contributed by atoms with Crippen LogP contribution in [0.1, 0.15) is 46.7 Å². The van der Waals surface area contributed by atoms with Crippen LogP contribution in [-0.4, -0.2) is 32.9 Å². The Morgan fingerprint density at radius 1 is 1.41 bits per heavy atom. The number of rotatable bonds is 4. The van der Waals surface area contributed by atoms with Gasteiger partial charge in [0.2, 0.25) is 0 Å². The zero-order chi connectivity index (χ0) is 15.5. The van der Waals surface area contributed by atoms with Crippen LogP contribution in [0, 0.1) is 13.8 Å². The van der Waals surface area contributed by atoms with Gasteiger partial charge in [-0.25, -0.2) is 4.98 Å². The van der Waals surface area contributed by atoms with E-state index in [-0.39, 0.29) is 5.91 Å². The number of aryl methyl sites for hydroxylation is 3. The van der Waals surface area contributed by atoms with Crippen LogP contribution < -0.4 is 0 Å². The van der Waals surface area contributed by atoms with Crippen LogP contribution in [0.2, 0.25) is 0 Å². The monoisotopic (exact) mass is 317 g/mol. The summed E-state index contributed by atoms with van der Waals surface area (Å²) in [6.07, 6.45) is 8.33. The van der Waals surface area contributed by atoms with E-state index in [1.807, 2.05) is 37.7 Å². The van der Waals surface area contributed by atoms with Crippen molar-refractivity contribution in [1.29, 1.82) is 0 Å². The minimum absolute atomic E-state index is 0.222. The van der Waals surface area contributed by atoms with Crippen LogP contribution >= 0.6 is 11.3 Å². The summed E-state index contributed by atoms with van der Waals surface area (Å²) in [5.41, 5.74) is 1.10. The zero-order valence-electron chi connectivity index (χ0n) is 13.3. The lowest BCUT2D eigenvalue weighted by Gasteiger charge is -2.36. The Hall–Kier alpha value is -1.62. The van der Waals surface area contributed by atoms with Gasteiger partial charge in [-0.3, -0.25) is 4.79 Å². The fourth-order valence-corrected chi connectivity index (χ4v) is 4.10. The van der Waals surface area contributed by atoms with Crippen molar-refractivity contribution in [2.45, 2.75) is 52.1 Å². The number of likely N-dealkylation sites (tertiary alicyclic amines) is 1. The number of carbonyl (C=O) groups is 1. The number of piperidine rings is 1. The average Bonchev–Trinajstić information content (AvgIpc) is 3.13. The van der Waals surface area contributed by atoms with Crippen molar-refractivity contribution in [3.8, 4) is 0 Å². The van der Waals surface area contributed by atoms with Crippen molar-refractivity contribution in [1.82, 2.24) is 14.5 Å². The predicted octanol–water partition coefficient (Wildman–Crippen LogP) is 3.65. The first-order valence-electron chi connectivity index (χ1n) is 7.99. The first-order chi connectivity index (χ1) is 10.7. The van der Waals surface area contributed by atoms with Crippen LogP contribution in [0.15, 0.2) is 23.8 Å². The van der Waals surface area contributed by atoms with Gasteiger partial charge in [0.15, 0.2) is 0 Å². The van der Waals surface area contributed by atoms with Gasteiger partial charge in [0, 0.05) is 31.5 Å². The second-order valence-electron chi connectivity index (χ2n) is 6.04. The molecule has 118 valence electrons. The Bertz CT molecular complexity index is 646. The summed E-state index contributed by atoms with van der Waals surface area (Å²) in [5.74, 6) is 1.27. The molecule has 0 aromatic carbocycles. The summed E-state index contributed by atoms with van der Waals surface area (Å²) in [4.78, 5) is 20.1.